The molecule has 1 aliphatic rings. The monoisotopic (exact) mass is 286 g/mol. The Morgan fingerprint density at radius 1 is 1.39 bits per heavy atom. The Balaban J connectivity index is 1.81. The first-order valence-corrected chi connectivity index (χ1v) is 8.10. The van der Waals surface area contributed by atoms with Gasteiger partial charge in [0.2, 0.25) is 0 Å². The highest BCUT2D eigenvalue weighted by Crippen LogP contribution is 2.19. The highest BCUT2D eigenvalue weighted by Gasteiger charge is 2.16. The average Bonchev–Trinajstić information content (AvgIpc) is 2.38. The van der Waals surface area contributed by atoms with Gasteiger partial charge in [0, 0.05) is 53.0 Å². The molecule has 0 spiro atoms. The molecule has 1 aliphatic heterocycles. The number of halogens is 1. The van der Waals surface area contributed by atoms with E-state index in [1.54, 1.807) is 0 Å². The molecule has 0 radical (unpaired) electrons. The quantitative estimate of drug-likeness (QED) is 0.918. The summed E-state index contributed by atoms with van der Waals surface area (Å²) in [5.74, 6) is 1.60. The van der Waals surface area contributed by atoms with E-state index < -0.39 is 10.8 Å². The van der Waals surface area contributed by atoms with E-state index in [4.69, 9.17) is 17.3 Å². The third-order valence-electron chi connectivity index (χ3n) is 3.30. The predicted octanol–water partition coefficient (Wildman–Crippen LogP) is 1.79. The van der Waals surface area contributed by atoms with Crippen LogP contribution in [0.15, 0.2) is 24.3 Å². The zero-order valence-corrected chi connectivity index (χ0v) is 11.9. The van der Waals surface area contributed by atoms with E-state index in [2.05, 4.69) is 4.90 Å². The van der Waals surface area contributed by atoms with Gasteiger partial charge in [-0.2, -0.15) is 0 Å². The number of hydrogen-bond acceptors (Lipinski definition) is 3. The Labute approximate surface area is 116 Å². The van der Waals surface area contributed by atoms with Crippen LogP contribution in [0.25, 0.3) is 0 Å². The van der Waals surface area contributed by atoms with Gasteiger partial charge >= 0.3 is 0 Å². The lowest BCUT2D eigenvalue weighted by molar-refractivity contribution is 0.287. The van der Waals surface area contributed by atoms with Gasteiger partial charge in [-0.25, -0.2) is 0 Å². The first-order chi connectivity index (χ1) is 8.65. The lowest BCUT2D eigenvalue weighted by atomic mass is 10.0. The Morgan fingerprint density at radius 2 is 2.11 bits per heavy atom. The van der Waals surface area contributed by atoms with E-state index in [9.17, 15) is 4.21 Å². The summed E-state index contributed by atoms with van der Waals surface area (Å²) in [6, 6.07) is 7.76. The SMILES string of the molecule is NC(CCN1CCS(=O)CC1)c1cccc(Cl)c1. The van der Waals surface area contributed by atoms with E-state index in [0.717, 1.165) is 48.1 Å². The highest BCUT2D eigenvalue weighted by molar-refractivity contribution is 7.85. The molecule has 5 heteroatoms. The Morgan fingerprint density at radius 3 is 2.78 bits per heavy atom. The van der Waals surface area contributed by atoms with Crippen molar-refractivity contribution in [3.63, 3.8) is 0 Å². The van der Waals surface area contributed by atoms with Crippen LogP contribution in [0.1, 0.15) is 18.0 Å². The number of benzene rings is 1. The van der Waals surface area contributed by atoms with Crippen molar-refractivity contribution < 1.29 is 4.21 Å². The molecule has 0 saturated carbocycles. The third kappa shape index (κ3) is 4.05. The second kappa shape index (κ2) is 6.66. The summed E-state index contributed by atoms with van der Waals surface area (Å²) in [6.07, 6.45) is 0.910. The third-order valence-corrected chi connectivity index (χ3v) is 4.81. The maximum absolute atomic E-state index is 11.3. The Bertz CT molecular complexity index is 417. The maximum Gasteiger partial charge on any atom is 0.0409 e. The summed E-state index contributed by atoms with van der Waals surface area (Å²) in [4.78, 5) is 2.34. The molecule has 100 valence electrons. The van der Waals surface area contributed by atoms with Crippen molar-refractivity contribution in [3.05, 3.63) is 34.9 Å². The second-order valence-electron chi connectivity index (χ2n) is 4.64. The van der Waals surface area contributed by atoms with Gasteiger partial charge in [-0.15, -0.1) is 0 Å². The molecule has 3 nitrogen and oxygen atoms in total. The van der Waals surface area contributed by atoms with E-state index in [1.165, 1.54) is 0 Å². The molecule has 0 aliphatic carbocycles. The first kappa shape index (κ1) is 14.0. The summed E-state index contributed by atoms with van der Waals surface area (Å²) < 4.78 is 11.3. The number of hydrogen-bond donors (Lipinski definition) is 1. The van der Waals surface area contributed by atoms with Gasteiger partial charge < -0.3 is 10.6 Å². The molecule has 2 N–H and O–H groups in total. The summed E-state index contributed by atoms with van der Waals surface area (Å²) in [5, 5.41) is 0.733. The minimum Gasteiger partial charge on any atom is -0.324 e. The molecular formula is C13H19ClN2OS. The van der Waals surface area contributed by atoms with Gasteiger partial charge in [-0.1, -0.05) is 23.7 Å². The summed E-state index contributed by atoms with van der Waals surface area (Å²) >= 11 is 5.95. The van der Waals surface area contributed by atoms with Gasteiger partial charge in [0.1, 0.15) is 0 Å². The van der Waals surface area contributed by atoms with E-state index in [0.29, 0.717) is 0 Å². The van der Waals surface area contributed by atoms with Gasteiger partial charge in [-0.05, 0) is 24.1 Å². The topological polar surface area (TPSA) is 46.3 Å². The fraction of sp³-hybridized carbons (Fsp3) is 0.538. The van der Waals surface area contributed by atoms with E-state index in [1.807, 2.05) is 24.3 Å². The molecule has 0 bridgehead atoms. The molecule has 1 fully saturated rings. The minimum atomic E-state index is -0.605. The zero-order chi connectivity index (χ0) is 13.0. The molecule has 1 aromatic rings. The fourth-order valence-corrected chi connectivity index (χ4v) is 3.45. The van der Waals surface area contributed by atoms with Crippen molar-refractivity contribution >= 4 is 22.4 Å². The largest absolute Gasteiger partial charge is 0.324 e. The van der Waals surface area contributed by atoms with Crippen molar-refractivity contribution in [1.29, 1.82) is 0 Å². The van der Waals surface area contributed by atoms with E-state index in [-0.39, 0.29) is 6.04 Å². The van der Waals surface area contributed by atoms with Crippen LogP contribution in [-0.4, -0.2) is 40.2 Å². The Hall–Kier alpha value is -0.420. The average molecular weight is 287 g/mol. The smallest absolute Gasteiger partial charge is 0.0409 e. The molecule has 1 atom stereocenters. The standard InChI is InChI=1S/C13H19ClN2OS/c14-12-3-1-2-11(10-12)13(15)4-5-16-6-8-18(17)9-7-16/h1-3,10,13H,4-9,15H2. The van der Waals surface area contributed by atoms with Crippen LogP contribution in [0.4, 0.5) is 0 Å². The zero-order valence-electron chi connectivity index (χ0n) is 10.3. The lowest BCUT2D eigenvalue weighted by Crippen LogP contribution is -2.39. The first-order valence-electron chi connectivity index (χ1n) is 6.23. The Kier molecular flexibility index (Phi) is 5.18. The molecule has 18 heavy (non-hydrogen) atoms. The summed E-state index contributed by atoms with van der Waals surface area (Å²) in [6.45, 7) is 2.81. The number of rotatable bonds is 4. The maximum atomic E-state index is 11.3. The van der Waals surface area contributed by atoms with Crippen molar-refractivity contribution in [2.45, 2.75) is 12.5 Å². The normalized spacial score (nSPS) is 19.9. The van der Waals surface area contributed by atoms with Gasteiger partial charge in [0.15, 0.2) is 0 Å². The molecule has 1 unspecified atom stereocenters. The molecule has 2 rings (SSSR count). The van der Waals surface area contributed by atoms with Crippen molar-refractivity contribution in [3.8, 4) is 0 Å². The lowest BCUT2D eigenvalue weighted by Gasteiger charge is -2.27. The van der Waals surface area contributed by atoms with Crippen LogP contribution in [0.5, 0.6) is 0 Å². The number of nitrogens with zero attached hydrogens (tertiary/aromatic N) is 1. The van der Waals surface area contributed by atoms with Crippen LogP contribution >= 0.6 is 11.6 Å². The molecule has 0 amide bonds. The molecule has 1 saturated heterocycles. The molecule has 1 aromatic carbocycles. The van der Waals surface area contributed by atoms with Crippen molar-refractivity contribution in [1.82, 2.24) is 4.90 Å². The number of nitrogens with two attached hydrogens (primary N) is 1. The van der Waals surface area contributed by atoms with Crippen LogP contribution in [-0.2, 0) is 10.8 Å². The van der Waals surface area contributed by atoms with Gasteiger partial charge in [0.25, 0.3) is 0 Å². The van der Waals surface area contributed by atoms with Crippen molar-refractivity contribution in [2.75, 3.05) is 31.1 Å². The van der Waals surface area contributed by atoms with Crippen LogP contribution < -0.4 is 5.73 Å². The van der Waals surface area contributed by atoms with Crippen LogP contribution in [0.3, 0.4) is 0 Å². The van der Waals surface area contributed by atoms with Gasteiger partial charge in [0.05, 0.1) is 0 Å². The summed E-state index contributed by atoms with van der Waals surface area (Å²) in [7, 11) is -0.605. The molecule has 1 heterocycles. The van der Waals surface area contributed by atoms with Crippen LogP contribution in [0.2, 0.25) is 5.02 Å². The predicted molar refractivity (Wildman–Crippen MR) is 77.3 cm³/mol. The fourth-order valence-electron chi connectivity index (χ4n) is 2.12. The van der Waals surface area contributed by atoms with E-state index >= 15 is 0 Å². The highest BCUT2D eigenvalue weighted by atomic mass is 35.5. The minimum absolute atomic E-state index is 0.0242. The molecule has 0 aromatic heterocycles. The second-order valence-corrected chi connectivity index (χ2v) is 6.77. The van der Waals surface area contributed by atoms with Gasteiger partial charge in [-0.3, -0.25) is 4.21 Å². The molecular weight excluding hydrogens is 268 g/mol. The van der Waals surface area contributed by atoms with Crippen molar-refractivity contribution in [2.24, 2.45) is 5.73 Å². The van der Waals surface area contributed by atoms with Crippen LogP contribution in [0, 0.1) is 0 Å². The summed E-state index contributed by atoms with van der Waals surface area (Å²) in [5.41, 5.74) is 7.25.